The second-order valence-electron chi connectivity index (χ2n) is 4.32. The second kappa shape index (κ2) is 7.49. The maximum Gasteiger partial charge on any atom is 0.236 e. The molecule has 1 aromatic carbocycles. The minimum Gasteiger partial charge on any atom is -0.355 e. The van der Waals surface area contributed by atoms with Crippen LogP contribution in [0.2, 0.25) is 0 Å². The molecule has 1 rings (SSSR count). The molecule has 1 unspecified atom stereocenters. The molecule has 4 nitrogen and oxygen atoms in total. The van der Waals surface area contributed by atoms with Crippen LogP contribution in [0.25, 0.3) is 0 Å². The van der Waals surface area contributed by atoms with Crippen molar-refractivity contribution in [1.82, 2.24) is 10.6 Å². The van der Waals surface area contributed by atoms with Crippen molar-refractivity contribution in [2.45, 2.75) is 32.9 Å². The first kappa shape index (κ1) is 15.1. The highest BCUT2D eigenvalue weighted by molar-refractivity contribution is 5.81. The van der Waals surface area contributed by atoms with Crippen molar-refractivity contribution in [3.63, 3.8) is 0 Å². The van der Waals surface area contributed by atoms with Crippen molar-refractivity contribution >= 4 is 5.91 Å². The average Bonchev–Trinajstić information content (AvgIpc) is 2.43. The van der Waals surface area contributed by atoms with Crippen LogP contribution in [0.4, 0.5) is 4.39 Å². The molecule has 0 radical (unpaired) electrons. The Morgan fingerprint density at radius 2 is 2.26 bits per heavy atom. The van der Waals surface area contributed by atoms with E-state index in [1.54, 1.807) is 19.1 Å². The van der Waals surface area contributed by atoms with E-state index in [4.69, 9.17) is 5.26 Å². The number of amides is 1. The van der Waals surface area contributed by atoms with Crippen LogP contribution < -0.4 is 10.6 Å². The average molecular weight is 263 g/mol. The third-order valence-electron chi connectivity index (χ3n) is 2.71. The van der Waals surface area contributed by atoms with Gasteiger partial charge in [-0.1, -0.05) is 13.0 Å². The third-order valence-corrected chi connectivity index (χ3v) is 2.71. The molecule has 0 bridgehead atoms. The van der Waals surface area contributed by atoms with Crippen LogP contribution in [0.5, 0.6) is 0 Å². The van der Waals surface area contributed by atoms with E-state index in [9.17, 15) is 9.18 Å². The summed E-state index contributed by atoms with van der Waals surface area (Å²) in [5.74, 6) is -0.593. The van der Waals surface area contributed by atoms with Gasteiger partial charge < -0.3 is 10.6 Å². The molecule has 0 fully saturated rings. The lowest BCUT2D eigenvalue weighted by Gasteiger charge is -2.13. The molecule has 102 valence electrons. The minimum absolute atomic E-state index is 0.0161. The third kappa shape index (κ3) is 4.68. The molecule has 0 aliphatic rings. The number of carbonyl (C=O) groups is 1. The van der Waals surface area contributed by atoms with Gasteiger partial charge in [-0.3, -0.25) is 4.79 Å². The van der Waals surface area contributed by atoms with Crippen molar-refractivity contribution in [2.75, 3.05) is 6.54 Å². The topological polar surface area (TPSA) is 64.9 Å². The van der Waals surface area contributed by atoms with Crippen LogP contribution in [-0.2, 0) is 11.3 Å². The fraction of sp³-hybridized carbons (Fsp3) is 0.429. The Kier molecular flexibility index (Phi) is 5.97. The molecule has 0 saturated heterocycles. The summed E-state index contributed by atoms with van der Waals surface area (Å²) in [6.07, 6.45) is 0.891. The summed E-state index contributed by atoms with van der Waals surface area (Å²) in [5, 5.41) is 14.6. The molecular weight excluding hydrogens is 245 g/mol. The smallest absolute Gasteiger partial charge is 0.236 e. The molecule has 0 heterocycles. The van der Waals surface area contributed by atoms with E-state index in [-0.39, 0.29) is 17.5 Å². The van der Waals surface area contributed by atoms with Crippen LogP contribution in [-0.4, -0.2) is 18.5 Å². The minimum atomic E-state index is -0.528. The van der Waals surface area contributed by atoms with Crippen molar-refractivity contribution in [2.24, 2.45) is 0 Å². The number of carbonyl (C=O) groups excluding carboxylic acids is 1. The van der Waals surface area contributed by atoms with Crippen molar-refractivity contribution in [3.8, 4) is 6.07 Å². The first-order chi connectivity index (χ1) is 9.08. The summed E-state index contributed by atoms with van der Waals surface area (Å²) in [4.78, 5) is 11.6. The fourth-order valence-electron chi connectivity index (χ4n) is 1.53. The van der Waals surface area contributed by atoms with Gasteiger partial charge in [0.15, 0.2) is 0 Å². The van der Waals surface area contributed by atoms with Gasteiger partial charge in [0.25, 0.3) is 0 Å². The molecule has 0 aromatic heterocycles. The number of halogens is 1. The Morgan fingerprint density at radius 1 is 1.53 bits per heavy atom. The highest BCUT2D eigenvalue weighted by atomic mass is 19.1. The quantitative estimate of drug-likeness (QED) is 0.821. The molecule has 0 saturated carbocycles. The molecule has 1 aromatic rings. The van der Waals surface area contributed by atoms with E-state index >= 15 is 0 Å². The zero-order chi connectivity index (χ0) is 14.3. The molecule has 2 N–H and O–H groups in total. The lowest BCUT2D eigenvalue weighted by atomic mass is 10.1. The molecule has 0 spiro atoms. The number of rotatable bonds is 6. The van der Waals surface area contributed by atoms with Crippen molar-refractivity contribution in [1.29, 1.82) is 5.26 Å². The Bertz CT molecular complexity index is 482. The normalized spacial score (nSPS) is 11.7. The molecule has 0 aliphatic carbocycles. The molecule has 19 heavy (non-hydrogen) atoms. The summed E-state index contributed by atoms with van der Waals surface area (Å²) in [5.41, 5.74) is 0.787. The van der Waals surface area contributed by atoms with E-state index < -0.39 is 5.82 Å². The summed E-state index contributed by atoms with van der Waals surface area (Å²) in [6.45, 7) is 4.82. The molecule has 0 aliphatic heterocycles. The molecular formula is C14H18FN3O. The van der Waals surface area contributed by atoms with Crippen LogP contribution in [0, 0.1) is 17.1 Å². The number of hydrogen-bond acceptors (Lipinski definition) is 3. The lowest BCUT2D eigenvalue weighted by Crippen LogP contribution is -2.42. The van der Waals surface area contributed by atoms with E-state index in [0.29, 0.717) is 13.1 Å². The SMILES string of the molecule is CCCNC(=O)C(C)NCc1ccc(F)c(C#N)c1. The Balaban J connectivity index is 2.53. The number of nitrogens with one attached hydrogen (secondary N) is 2. The van der Waals surface area contributed by atoms with E-state index in [0.717, 1.165) is 12.0 Å². The highest BCUT2D eigenvalue weighted by Gasteiger charge is 2.11. The van der Waals surface area contributed by atoms with Gasteiger partial charge in [0.2, 0.25) is 5.91 Å². The van der Waals surface area contributed by atoms with E-state index in [1.807, 2.05) is 6.92 Å². The van der Waals surface area contributed by atoms with Gasteiger partial charge in [-0.05, 0) is 31.0 Å². The first-order valence-corrected chi connectivity index (χ1v) is 6.28. The van der Waals surface area contributed by atoms with Crippen LogP contribution in [0.15, 0.2) is 18.2 Å². The van der Waals surface area contributed by atoms with Gasteiger partial charge in [0, 0.05) is 13.1 Å². The first-order valence-electron chi connectivity index (χ1n) is 6.28. The summed E-state index contributed by atoms with van der Waals surface area (Å²) < 4.78 is 13.1. The number of nitrogens with zero attached hydrogens (tertiary/aromatic N) is 1. The van der Waals surface area contributed by atoms with Gasteiger partial charge in [0.05, 0.1) is 11.6 Å². The number of hydrogen-bond donors (Lipinski definition) is 2. The van der Waals surface area contributed by atoms with Gasteiger partial charge in [-0.15, -0.1) is 0 Å². The predicted molar refractivity (Wildman–Crippen MR) is 70.7 cm³/mol. The summed E-state index contributed by atoms with van der Waals surface area (Å²) in [7, 11) is 0. The zero-order valence-corrected chi connectivity index (χ0v) is 11.2. The lowest BCUT2D eigenvalue weighted by molar-refractivity contribution is -0.122. The van der Waals surface area contributed by atoms with Gasteiger partial charge >= 0.3 is 0 Å². The van der Waals surface area contributed by atoms with Gasteiger partial charge in [-0.25, -0.2) is 4.39 Å². The fourth-order valence-corrected chi connectivity index (χ4v) is 1.53. The van der Waals surface area contributed by atoms with Crippen LogP contribution in [0.1, 0.15) is 31.4 Å². The molecule has 5 heteroatoms. The summed E-state index contributed by atoms with van der Waals surface area (Å²) >= 11 is 0. The highest BCUT2D eigenvalue weighted by Crippen LogP contribution is 2.09. The molecule has 1 atom stereocenters. The largest absolute Gasteiger partial charge is 0.355 e. The van der Waals surface area contributed by atoms with Gasteiger partial charge in [0.1, 0.15) is 11.9 Å². The van der Waals surface area contributed by atoms with Crippen molar-refractivity contribution in [3.05, 3.63) is 35.1 Å². The standard InChI is InChI=1S/C14H18FN3O/c1-3-6-17-14(19)10(2)18-9-11-4-5-13(15)12(7-11)8-16/h4-5,7,10,18H,3,6,9H2,1-2H3,(H,17,19). The van der Waals surface area contributed by atoms with Gasteiger partial charge in [-0.2, -0.15) is 5.26 Å². The zero-order valence-electron chi connectivity index (χ0n) is 11.2. The van der Waals surface area contributed by atoms with E-state index in [1.165, 1.54) is 12.1 Å². The maximum absolute atomic E-state index is 13.1. The predicted octanol–water partition coefficient (Wildman–Crippen LogP) is 1.70. The Morgan fingerprint density at radius 3 is 2.89 bits per heavy atom. The Labute approximate surface area is 112 Å². The van der Waals surface area contributed by atoms with E-state index in [2.05, 4.69) is 10.6 Å². The molecule has 1 amide bonds. The van der Waals surface area contributed by atoms with Crippen LogP contribution in [0.3, 0.4) is 0 Å². The second-order valence-corrected chi connectivity index (χ2v) is 4.32. The monoisotopic (exact) mass is 263 g/mol. The maximum atomic E-state index is 13.1. The number of benzene rings is 1. The summed E-state index contributed by atoms with van der Waals surface area (Å²) in [6, 6.07) is 5.80. The van der Waals surface area contributed by atoms with Crippen molar-refractivity contribution < 1.29 is 9.18 Å². The van der Waals surface area contributed by atoms with Crippen LogP contribution >= 0.6 is 0 Å². The number of nitriles is 1. The Hall–Kier alpha value is -1.93.